The Morgan fingerprint density at radius 1 is 0.939 bits per heavy atom. The quantitative estimate of drug-likeness (QED) is 0.210. The molecule has 1 aromatic carbocycles. The van der Waals surface area contributed by atoms with E-state index in [-0.39, 0.29) is 6.61 Å². The van der Waals surface area contributed by atoms with Gasteiger partial charge < -0.3 is 4.74 Å². The molecule has 33 heavy (non-hydrogen) atoms. The van der Waals surface area contributed by atoms with E-state index < -0.39 is 16.5 Å². The lowest BCUT2D eigenvalue weighted by Gasteiger charge is -2.31. The molecule has 1 aliphatic rings. The van der Waals surface area contributed by atoms with E-state index in [0.717, 1.165) is 38.8 Å². The van der Waals surface area contributed by atoms with Gasteiger partial charge in [0.2, 0.25) is 0 Å². The van der Waals surface area contributed by atoms with Crippen LogP contribution < -0.4 is 0 Å². The standard InChI is InChI=1S/C26H45NO5S/c1-3-5-7-8-9-10-14-23(13-6-4-2)21-31-22-26(32-33(28,29)30)20-27-18-17-24-15-11-12-16-25(24)19-27/h11-12,15-16,23,26H,3-10,13-14,17-22H2,1-2H3,(H,28,29,30). The highest BCUT2D eigenvalue weighted by atomic mass is 32.3. The van der Waals surface area contributed by atoms with Gasteiger partial charge in [-0.3, -0.25) is 9.45 Å². The highest BCUT2D eigenvalue weighted by molar-refractivity contribution is 7.80. The van der Waals surface area contributed by atoms with Crippen molar-refractivity contribution in [3.8, 4) is 0 Å². The summed E-state index contributed by atoms with van der Waals surface area (Å²) in [5.41, 5.74) is 2.60. The number of hydrogen-bond donors (Lipinski definition) is 1. The molecular weight excluding hydrogens is 438 g/mol. The van der Waals surface area contributed by atoms with Crippen molar-refractivity contribution in [1.82, 2.24) is 4.90 Å². The number of ether oxygens (including phenoxy) is 1. The molecule has 0 saturated carbocycles. The zero-order valence-corrected chi connectivity index (χ0v) is 21.5. The second kappa shape index (κ2) is 15.8. The van der Waals surface area contributed by atoms with Gasteiger partial charge in [0, 0.05) is 26.2 Å². The lowest BCUT2D eigenvalue weighted by atomic mass is 9.96. The van der Waals surface area contributed by atoms with Crippen LogP contribution in [0.3, 0.4) is 0 Å². The molecule has 6 nitrogen and oxygen atoms in total. The van der Waals surface area contributed by atoms with Gasteiger partial charge in [-0.25, -0.2) is 4.18 Å². The third kappa shape index (κ3) is 12.3. The average molecular weight is 484 g/mol. The second-order valence-electron chi connectivity index (χ2n) is 9.50. The first kappa shape index (κ1) is 28.2. The summed E-state index contributed by atoms with van der Waals surface area (Å²) in [6, 6.07) is 8.32. The maximum atomic E-state index is 11.4. The molecule has 0 radical (unpaired) electrons. The van der Waals surface area contributed by atoms with Crippen molar-refractivity contribution in [2.45, 2.75) is 97.1 Å². The zero-order chi connectivity index (χ0) is 23.9. The maximum absolute atomic E-state index is 11.4. The van der Waals surface area contributed by atoms with Gasteiger partial charge in [-0.15, -0.1) is 0 Å². The van der Waals surface area contributed by atoms with Crippen molar-refractivity contribution in [2.75, 3.05) is 26.3 Å². The van der Waals surface area contributed by atoms with Crippen LogP contribution in [0.5, 0.6) is 0 Å². The monoisotopic (exact) mass is 483 g/mol. The van der Waals surface area contributed by atoms with Gasteiger partial charge in [0.25, 0.3) is 0 Å². The molecule has 0 aliphatic carbocycles. The third-order valence-electron chi connectivity index (χ3n) is 6.52. The number of fused-ring (bicyclic) bond motifs is 1. The molecule has 7 heteroatoms. The molecular formula is C26H45NO5S. The first-order valence-corrected chi connectivity index (χ1v) is 14.3. The largest absolute Gasteiger partial charge is 0.397 e. The molecule has 1 aromatic rings. The minimum atomic E-state index is -4.53. The van der Waals surface area contributed by atoms with Crippen LogP contribution in [-0.4, -0.2) is 50.3 Å². The van der Waals surface area contributed by atoms with E-state index in [1.165, 1.54) is 56.1 Å². The van der Waals surface area contributed by atoms with Crippen molar-refractivity contribution in [2.24, 2.45) is 5.92 Å². The lowest BCUT2D eigenvalue weighted by molar-refractivity contribution is 0.00993. The van der Waals surface area contributed by atoms with E-state index in [2.05, 4.69) is 30.9 Å². The van der Waals surface area contributed by atoms with Crippen molar-refractivity contribution in [3.05, 3.63) is 35.4 Å². The van der Waals surface area contributed by atoms with Crippen LogP contribution in [0, 0.1) is 5.92 Å². The molecule has 0 amide bonds. The fourth-order valence-electron chi connectivity index (χ4n) is 4.66. The predicted octanol–water partition coefficient (Wildman–Crippen LogP) is 5.81. The highest BCUT2D eigenvalue weighted by Gasteiger charge is 2.24. The number of rotatable bonds is 18. The van der Waals surface area contributed by atoms with Gasteiger partial charge in [0.1, 0.15) is 6.10 Å². The predicted molar refractivity (Wildman–Crippen MR) is 134 cm³/mol. The van der Waals surface area contributed by atoms with E-state index in [4.69, 9.17) is 8.92 Å². The van der Waals surface area contributed by atoms with Crippen LogP contribution in [0.1, 0.15) is 89.2 Å². The van der Waals surface area contributed by atoms with Crippen LogP contribution in [-0.2, 0) is 32.3 Å². The molecule has 1 aliphatic heterocycles. The molecule has 0 aromatic heterocycles. The summed E-state index contributed by atoms with van der Waals surface area (Å²) < 4.78 is 43.1. The molecule has 1 N–H and O–H groups in total. The summed E-state index contributed by atoms with van der Waals surface area (Å²) in [6.45, 7) is 7.21. The topological polar surface area (TPSA) is 76.1 Å². The van der Waals surface area contributed by atoms with Gasteiger partial charge in [-0.1, -0.05) is 89.5 Å². The number of nitrogens with zero attached hydrogens (tertiary/aromatic N) is 1. The van der Waals surface area contributed by atoms with Crippen LogP contribution >= 0.6 is 0 Å². The summed E-state index contributed by atoms with van der Waals surface area (Å²) in [7, 11) is -4.53. The molecule has 190 valence electrons. The first-order chi connectivity index (χ1) is 15.9. The number of unbranched alkanes of at least 4 members (excludes halogenated alkanes) is 6. The smallest absolute Gasteiger partial charge is 0.378 e. The summed E-state index contributed by atoms with van der Waals surface area (Å²) in [5.74, 6) is 0.490. The Hall–Kier alpha value is -0.990. The minimum absolute atomic E-state index is 0.164. The van der Waals surface area contributed by atoms with Crippen molar-refractivity contribution in [1.29, 1.82) is 0 Å². The maximum Gasteiger partial charge on any atom is 0.397 e. The van der Waals surface area contributed by atoms with E-state index in [1.807, 2.05) is 12.1 Å². The van der Waals surface area contributed by atoms with Gasteiger partial charge in [0.05, 0.1) is 6.61 Å². The van der Waals surface area contributed by atoms with E-state index >= 15 is 0 Å². The van der Waals surface area contributed by atoms with Gasteiger partial charge in [-0.05, 0) is 36.3 Å². The molecule has 1 heterocycles. The Balaban J connectivity index is 1.82. The normalized spacial score (nSPS) is 16.5. The summed E-state index contributed by atoms with van der Waals surface area (Å²) >= 11 is 0. The Bertz CT molecular complexity index is 755. The molecule has 0 bridgehead atoms. The second-order valence-corrected chi connectivity index (χ2v) is 10.5. The van der Waals surface area contributed by atoms with E-state index in [9.17, 15) is 13.0 Å². The molecule has 2 atom stereocenters. The number of hydrogen-bond acceptors (Lipinski definition) is 5. The van der Waals surface area contributed by atoms with Crippen molar-refractivity contribution in [3.63, 3.8) is 0 Å². The summed E-state index contributed by atoms with van der Waals surface area (Å²) in [5, 5.41) is 0. The van der Waals surface area contributed by atoms with E-state index in [0.29, 0.717) is 19.1 Å². The average Bonchev–Trinajstić information content (AvgIpc) is 2.78. The van der Waals surface area contributed by atoms with Crippen LogP contribution in [0.15, 0.2) is 24.3 Å². The SMILES string of the molecule is CCCCCCCCC(CCCC)COCC(CN1CCc2ccccc2C1)OS(=O)(=O)O. The van der Waals surface area contributed by atoms with Crippen LogP contribution in [0.2, 0.25) is 0 Å². The minimum Gasteiger partial charge on any atom is -0.378 e. The Morgan fingerprint density at radius 2 is 1.61 bits per heavy atom. The molecule has 0 saturated heterocycles. The lowest BCUT2D eigenvalue weighted by Crippen LogP contribution is -2.40. The summed E-state index contributed by atoms with van der Waals surface area (Å²) in [6.07, 6.45) is 12.5. The Labute approximate surface area is 202 Å². The van der Waals surface area contributed by atoms with Gasteiger partial charge in [-0.2, -0.15) is 8.42 Å². The van der Waals surface area contributed by atoms with Crippen molar-refractivity contribution < 1.29 is 21.9 Å². The van der Waals surface area contributed by atoms with Crippen LogP contribution in [0.4, 0.5) is 0 Å². The highest BCUT2D eigenvalue weighted by Crippen LogP contribution is 2.21. The van der Waals surface area contributed by atoms with Crippen molar-refractivity contribution >= 4 is 10.4 Å². The van der Waals surface area contributed by atoms with E-state index in [1.54, 1.807) is 0 Å². The molecule has 2 rings (SSSR count). The Kier molecular flexibility index (Phi) is 13.5. The van der Waals surface area contributed by atoms with Gasteiger partial charge in [0.15, 0.2) is 0 Å². The third-order valence-corrected chi connectivity index (χ3v) is 7.03. The van der Waals surface area contributed by atoms with Gasteiger partial charge >= 0.3 is 10.4 Å². The number of benzene rings is 1. The zero-order valence-electron chi connectivity index (χ0n) is 20.7. The fraction of sp³-hybridized carbons (Fsp3) is 0.769. The fourth-order valence-corrected chi connectivity index (χ4v) is 5.12. The summed E-state index contributed by atoms with van der Waals surface area (Å²) in [4.78, 5) is 2.17. The first-order valence-electron chi connectivity index (χ1n) is 12.9. The molecule has 2 unspecified atom stereocenters. The van der Waals surface area contributed by atoms with Crippen LogP contribution in [0.25, 0.3) is 0 Å². The Morgan fingerprint density at radius 3 is 2.33 bits per heavy atom. The molecule has 0 spiro atoms. The molecule has 0 fully saturated rings.